The zero-order chi connectivity index (χ0) is 20.5. The van der Waals surface area contributed by atoms with Gasteiger partial charge in [-0.15, -0.1) is 0 Å². The molecule has 0 aromatic carbocycles. The predicted molar refractivity (Wildman–Crippen MR) is 96.8 cm³/mol. The molecule has 1 fully saturated rings. The number of furan rings is 1. The number of nitriles is 3. The van der Waals surface area contributed by atoms with Gasteiger partial charge in [-0.2, -0.15) is 15.8 Å². The number of carbonyl (C=O) groups is 1. The quantitative estimate of drug-likeness (QED) is 0.786. The van der Waals surface area contributed by atoms with Crippen LogP contribution in [0.3, 0.4) is 0 Å². The lowest BCUT2D eigenvalue weighted by Crippen LogP contribution is -2.53. The Labute approximate surface area is 162 Å². The summed E-state index contributed by atoms with van der Waals surface area (Å²) >= 11 is 0. The minimum absolute atomic E-state index is 0.172. The van der Waals surface area contributed by atoms with Gasteiger partial charge in [-0.05, 0) is 31.6 Å². The lowest BCUT2D eigenvalue weighted by atomic mass is 9.55. The Kier molecular flexibility index (Phi) is 4.94. The monoisotopic (exact) mass is 377 g/mol. The molecule has 8 heteroatoms. The summed E-state index contributed by atoms with van der Waals surface area (Å²) < 4.78 is 10.8. The second kappa shape index (κ2) is 7.21. The fourth-order valence-corrected chi connectivity index (χ4v) is 4.10. The van der Waals surface area contributed by atoms with Crippen LogP contribution in [0.4, 0.5) is 4.79 Å². The van der Waals surface area contributed by atoms with Gasteiger partial charge in [-0.3, -0.25) is 0 Å². The van der Waals surface area contributed by atoms with Crippen LogP contribution in [-0.2, 0) is 4.74 Å². The second-order valence-corrected chi connectivity index (χ2v) is 6.85. The summed E-state index contributed by atoms with van der Waals surface area (Å²) in [6, 6.07) is 9.44. The van der Waals surface area contributed by atoms with Gasteiger partial charge in [0.15, 0.2) is 5.41 Å². The summed E-state index contributed by atoms with van der Waals surface area (Å²) in [6.45, 7) is 4.10. The van der Waals surface area contributed by atoms with Crippen LogP contribution in [0.25, 0.3) is 0 Å². The van der Waals surface area contributed by atoms with Crippen molar-refractivity contribution in [3.8, 4) is 18.2 Å². The molecule has 3 rings (SSSR count). The van der Waals surface area contributed by atoms with Crippen LogP contribution in [0.15, 0.2) is 28.2 Å². The Hall–Kier alpha value is -3.57. The zero-order valence-corrected chi connectivity index (χ0v) is 15.6. The first-order valence-corrected chi connectivity index (χ1v) is 8.92. The standard InChI is InChI=1S/C20H19N5O3/c1-3-27-19(26)25-7-6-13-14(8-21)18(24)20(10-22,11-23)17(15(13)9-25)16-5-4-12(2)28-16/h4-6,14-15,17,24H,3,7,9H2,1-2H3/t14?,15-,17-/m1/s1. The first-order chi connectivity index (χ1) is 13.4. The normalized spacial score (nSPS) is 25.5. The summed E-state index contributed by atoms with van der Waals surface area (Å²) in [6.07, 6.45) is 1.23. The smallest absolute Gasteiger partial charge is 0.410 e. The maximum atomic E-state index is 12.2. The molecule has 1 aliphatic heterocycles. The van der Waals surface area contributed by atoms with Gasteiger partial charge in [0.25, 0.3) is 0 Å². The van der Waals surface area contributed by atoms with Gasteiger partial charge >= 0.3 is 6.09 Å². The third-order valence-corrected chi connectivity index (χ3v) is 5.38. The molecule has 1 amide bonds. The highest BCUT2D eigenvalue weighted by Gasteiger charge is 2.59. The van der Waals surface area contributed by atoms with Crippen molar-refractivity contribution in [2.75, 3.05) is 19.7 Å². The molecule has 0 spiro atoms. The van der Waals surface area contributed by atoms with E-state index < -0.39 is 29.3 Å². The molecule has 1 saturated carbocycles. The fourth-order valence-electron chi connectivity index (χ4n) is 4.10. The first-order valence-electron chi connectivity index (χ1n) is 8.92. The highest BCUT2D eigenvalue weighted by molar-refractivity contribution is 6.00. The van der Waals surface area contributed by atoms with Gasteiger partial charge in [-0.1, -0.05) is 6.08 Å². The SMILES string of the molecule is CCOC(=O)N1CC=C2C(C#N)C(=N)C(C#N)(C#N)[C@@H](c3ccc(C)o3)[C@@H]2C1. The Morgan fingerprint density at radius 2 is 2.11 bits per heavy atom. The molecule has 3 atom stereocenters. The van der Waals surface area contributed by atoms with Crippen LogP contribution in [0.2, 0.25) is 0 Å². The summed E-state index contributed by atoms with van der Waals surface area (Å²) in [5.41, 5.74) is -1.45. The van der Waals surface area contributed by atoms with E-state index in [1.54, 1.807) is 32.1 Å². The van der Waals surface area contributed by atoms with E-state index in [4.69, 9.17) is 14.6 Å². The molecule has 1 aromatic heterocycles. The van der Waals surface area contributed by atoms with Gasteiger partial charge in [0.05, 0.1) is 36.4 Å². The maximum Gasteiger partial charge on any atom is 0.410 e. The van der Waals surface area contributed by atoms with E-state index in [0.29, 0.717) is 17.1 Å². The number of fused-ring (bicyclic) bond motifs is 1. The molecular weight excluding hydrogens is 358 g/mol. The average molecular weight is 377 g/mol. The summed E-state index contributed by atoms with van der Waals surface area (Å²) in [7, 11) is 0. The third-order valence-electron chi connectivity index (χ3n) is 5.38. The fraction of sp³-hybridized carbons (Fsp3) is 0.450. The zero-order valence-electron chi connectivity index (χ0n) is 15.6. The average Bonchev–Trinajstić information content (AvgIpc) is 3.12. The lowest BCUT2D eigenvalue weighted by Gasteiger charge is -2.46. The highest BCUT2D eigenvalue weighted by Crippen LogP contribution is 2.53. The van der Waals surface area contributed by atoms with Crippen LogP contribution in [0, 0.1) is 63.6 Å². The van der Waals surface area contributed by atoms with Crippen molar-refractivity contribution in [3.63, 3.8) is 0 Å². The summed E-state index contributed by atoms with van der Waals surface area (Å²) in [4.78, 5) is 13.7. The number of nitrogens with one attached hydrogen (secondary N) is 1. The molecule has 0 radical (unpaired) electrons. The van der Waals surface area contributed by atoms with Crippen LogP contribution in [0.1, 0.15) is 24.4 Å². The Bertz CT molecular complexity index is 957. The largest absolute Gasteiger partial charge is 0.466 e. The Morgan fingerprint density at radius 1 is 1.39 bits per heavy atom. The molecule has 2 heterocycles. The van der Waals surface area contributed by atoms with E-state index in [9.17, 15) is 20.6 Å². The molecular formula is C20H19N5O3. The topological polar surface area (TPSA) is 138 Å². The summed E-state index contributed by atoms with van der Waals surface area (Å²) in [5, 5.41) is 38.0. The molecule has 8 nitrogen and oxygen atoms in total. The number of amides is 1. The number of nitrogens with zero attached hydrogens (tertiary/aromatic N) is 4. The molecule has 0 saturated heterocycles. The lowest BCUT2D eigenvalue weighted by molar-refractivity contribution is 0.0978. The van der Waals surface area contributed by atoms with Crippen molar-refractivity contribution in [2.24, 2.45) is 17.3 Å². The van der Waals surface area contributed by atoms with Gasteiger partial charge in [0.1, 0.15) is 17.4 Å². The molecule has 28 heavy (non-hydrogen) atoms. The first kappa shape index (κ1) is 19.2. The summed E-state index contributed by atoms with van der Waals surface area (Å²) in [5.74, 6) is -1.31. The Morgan fingerprint density at radius 3 is 2.64 bits per heavy atom. The minimum atomic E-state index is -1.86. The van der Waals surface area contributed by atoms with Crippen LogP contribution < -0.4 is 0 Å². The van der Waals surface area contributed by atoms with Gasteiger partial charge in [0, 0.05) is 19.0 Å². The number of hydrogen-bond acceptors (Lipinski definition) is 7. The second-order valence-electron chi connectivity index (χ2n) is 6.85. The molecule has 1 N–H and O–H groups in total. The highest BCUT2D eigenvalue weighted by atomic mass is 16.6. The van der Waals surface area contributed by atoms with Crippen molar-refractivity contribution in [3.05, 3.63) is 35.3 Å². The predicted octanol–water partition coefficient (Wildman–Crippen LogP) is 2.89. The Balaban J connectivity index is 2.17. The van der Waals surface area contributed by atoms with E-state index in [-0.39, 0.29) is 25.4 Å². The van der Waals surface area contributed by atoms with Crippen molar-refractivity contribution in [2.45, 2.75) is 19.8 Å². The van der Waals surface area contributed by atoms with Crippen molar-refractivity contribution in [1.29, 1.82) is 21.2 Å². The van der Waals surface area contributed by atoms with E-state index >= 15 is 0 Å². The van der Waals surface area contributed by atoms with Crippen LogP contribution in [-0.4, -0.2) is 36.4 Å². The maximum absolute atomic E-state index is 12.2. The number of carbonyl (C=O) groups excluding carboxylic acids is 1. The van der Waals surface area contributed by atoms with Gasteiger partial charge in [0.2, 0.25) is 0 Å². The molecule has 1 unspecified atom stereocenters. The number of aryl methyl sites for hydroxylation is 1. The number of rotatable bonds is 2. The van der Waals surface area contributed by atoms with Gasteiger partial charge in [-0.25, -0.2) is 4.79 Å². The van der Waals surface area contributed by atoms with Crippen molar-refractivity contribution >= 4 is 11.8 Å². The van der Waals surface area contributed by atoms with Crippen LogP contribution in [0.5, 0.6) is 0 Å². The van der Waals surface area contributed by atoms with Crippen LogP contribution >= 0.6 is 0 Å². The molecule has 142 valence electrons. The van der Waals surface area contributed by atoms with E-state index in [1.807, 2.05) is 12.1 Å². The molecule has 2 aliphatic rings. The molecule has 1 aromatic rings. The third kappa shape index (κ3) is 2.73. The van der Waals surface area contributed by atoms with E-state index in [2.05, 4.69) is 6.07 Å². The minimum Gasteiger partial charge on any atom is -0.466 e. The van der Waals surface area contributed by atoms with E-state index in [0.717, 1.165) is 0 Å². The molecule has 0 bridgehead atoms. The van der Waals surface area contributed by atoms with Crippen molar-refractivity contribution in [1.82, 2.24) is 4.90 Å². The van der Waals surface area contributed by atoms with Crippen molar-refractivity contribution < 1.29 is 13.9 Å². The van der Waals surface area contributed by atoms with E-state index in [1.165, 1.54) is 4.90 Å². The van der Waals surface area contributed by atoms with Gasteiger partial charge < -0.3 is 19.5 Å². The molecule has 1 aliphatic carbocycles. The number of ether oxygens (including phenoxy) is 1. The number of hydrogen-bond donors (Lipinski definition) is 1.